The lowest BCUT2D eigenvalue weighted by Crippen LogP contribution is -2.08. The van der Waals surface area contributed by atoms with Gasteiger partial charge in [0.1, 0.15) is 5.69 Å². The van der Waals surface area contributed by atoms with Gasteiger partial charge in [0.15, 0.2) is 0 Å². The molecule has 0 aliphatic rings. The van der Waals surface area contributed by atoms with Crippen LogP contribution in [0.4, 0.5) is 13.2 Å². The molecule has 88 valence electrons. The van der Waals surface area contributed by atoms with Gasteiger partial charge in [-0.3, -0.25) is 4.79 Å². The summed E-state index contributed by atoms with van der Waals surface area (Å²) in [4.78, 5) is 11.7. The van der Waals surface area contributed by atoms with Crippen molar-refractivity contribution in [3.05, 3.63) is 46.5 Å². The van der Waals surface area contributed by atoms with Gasteiger partial charge in [-0.15, -0.1) is 5.10 Å². The van der Waals surface area contributed by atoms with Crippen LogP contribution >= 0.6 is 11.5 Å². The number of nitrogens with zero attached hydrogens (tertiary/aromatic N) is 2. The smallest absolute Gasteiger partial charge is 0.287 e. The highest BCUT2D eigenvalue weighted by molar-refractivity contribution is 7.03. The molecule has 0 saturated carbocycles. The molecule has 1 aromatic carbocycles. The molecule has 0 fully saturated rings. The van der Waals surface area contributed by atoms with Crippen molar-refractivity contribution in [3.8, 4) is 0 Å². The number of hydrogen-bond donors (Lipinski definition) is 0. The molecule has 0 amide bonds. The molecular weight excluding hydrogens is 253 g/mol. The summed E-state index contributed by atoms with van der Waals surface area (Å²) < 4.78 is 40.8. The zero-order valence-corrected chi connectivity index (χ0v) is 9.05. The highest BCUT2D eigenvalue weighted by Crippen LogP contribution is 2.29. The van der Waals surface area contributed by atoms with Crippen LogP contribution < -0.4 is 0 Å². The molecule has 1 heterocycles. The maximum absolute atomic E-state index is 12.4. The zero-order chi connectivity index (χ0) is 12.5. The number of carbonyl (C=O) groups excluding carboxylic acids is 1. The molecule has 0 aliphatic carbocycles. The number of carbonyl (C=O) groups is 1. The average molecular weight is 258 g/mol. The maximum atomic E-state index is 12.4. The van der Waals surface area contributed by atoms with E-state index in [1.165, 1.54) is 17.5 Å². The minimum absolute atomic E-state index is 0.0486. The van der Waals surface area contributed by atoms with Crippen LogP contribution in [-0.4, -0.2) is 15.4 Å². The first-order valence-corrected chi connectivity index (χ1v) is 5.31. The first-order valence-electron chi connectivity index (χ1n) is 4.47. The summed E-state index contributed by atoms with van der Waals surface area (Å²) in [6, 6.07) is 4.23. The quantitative estimate of drug-likeness (QED) is 0.778. The van der Waals surface area contributed by atoms with Crippen LogP contribution in [-0.2, 0) is 6.18 Å². The number of alkyl halides is 3. The van der Waals surface area contributed by atoms with Crippen molar-refractivity contribution in [2.24, 2.45) is 0 Å². The van der Waals surface area contributed by atoms with Gasteiger partial charge in [0.05, 0.1) is 5.56 Å². The van der Waals surface area contributed by atoms with Gasteiger partial charge in [-0.25, -0.2) is 0 Å². The van der Waals surface area contributed by atoms with Crippen LogP contribution in [0.5, 0.6) is 0 Å². The number of aromatic nitrogens is 2. The van der Waals surface area contributed by atoms with Gasteiger partial charge in [0.25, 0.3) is 0 Å². The minimum atomic E-state index is -4.46. The Labute approximate surface area is 98.1 Å². The van der Waals surface area contributed by atoms with Gasteiger partial charge in [-0.2, -0.15) is 13.2 Å². The van der Waals surface area contributed by atoms with Crippen molar-refractivity contribution < 1.29 is 18.0 Å². The van der Waals surface area contributed by atoms with Crippen LogP contribution in [0.25, 0.3) is 0 Å². The third-order valence-corrected chi connectivity index (χ3v) is 2.55. The van der Waals surface area contributed by atoms with Gasteiger partial charge in [-0.1, -0.05) is 16.6 Å². The van der Waals surface area contributed by atoms with E-state index in [2.05, 4.69) is 9.59 Å². The number of ketones is 1. The molecule has 17 heavy (non-hydrogen) atoms. The fraction of sp³-hybridized carbons (Fsp3) is 0.100. The molecule has 0 saturated heterocycles. The topological polar surface area (TPSA) is 42.9 Å². The zero-order valence-electron chi connectivity index (χ0n) is 8.23. The number of benzene rings is 1. The number of rotatable bonds is 2. The summed E-state index contributed by atoms with van der Waals surface area (Å²) in [6.45, 7) is 0. The number of hydrogen-bond acceptors (Lipinski definition) is 4. The van der Waals surface area contributed by atoms with Crippen LogP contribution in [0.15, 0.2) is 29.6 Å². The monoisotopic (exact) mass is 258 g/mol. The second-order valence-corrected chi connectivity index (χ2v) is 3.81. The highest BCUT2D eigenvalue weighted by Gasteiger charge is 2.31. The van der Waals surface area contributed by atoms with E-state index < -0.39 is 17.5 Å². The maximum Gasteiger partial charge on any atom is 0.416 e. The Morgan fingerprint density at radius 2 is 2.06 bits per heavy atom. The predicted molar refractivity (Wildman–Crippen MR) is 54.8 cm³/mol. The van der Waals surface area contributed by atoms with Gasteiger partial charge < -0.3 is 0 Å². The summed E-state index contributed by atoms with van der Waals surface area (Å²) in [5.74, 6) is -0.565. The fourth-order valence-corrected chi connectivity index (χ4v) is 1.68. The molecule has 1 aromatic heterocycles. The van der Waals surface area contributed by atoms with E-state index in [1.54, 1.807) is 0 Å². The lowest BCUT2D eigenvalue weighted by atomic mass is 10.1. The normalized spacial score (nSPS) is 11.5. The molecule has 0 radical (unpaired) electrons. The molecule has 0 bridgehead atoms. The lowest BCUT2D eigenvalue weighted by molar-refractivity contribution is -0.137. The summed E-state index contributed by atoms with van der Waals surface area (Å²) in [5, 5.41) is 4.91. The van der Waals surface area contributed by atoms with Crippen molar-refractivity contribution in [1.82, 2.24) is 9.59 Å². The minimum Gasteiger partial charge on any atom is -0.287 e. The number of halogens is 3. The second-order valence-electron chi connectivity index (χ2n) is 3.20. The van der Waals surface area contributed by atoms with Gasteiger partial charge in [-0.05, 0) is 23.7 Å². The standard InChI is InChI=1S/C10H5F3N2OS/c11-10(12,13)7-3-1-2-6(4-7)9(16)8-5-17-15-14-8/h1-5H. The Hall–Kier alpha value is -1.76. The molecule has 2 rings (SSSR count). The lowest BCUT2D eigenvalue weighted by Gasteiger charge is -2.07. The van der Waals surface area contributed by atoms with E-state index in [9.17, 15) is 18.0 Å². The van der Waals surface area contributed by atoms with Gasteiger partial charge in [0, 0.05) is 10.9 Å². The fourth-order valence-electron chi connectivity index (χ4n) is 1.25. The van der Waals surface area contributed by atoms with Gasteiger partial charge in [0.2, 0.25) is 5.78 Å². The molecular formula is C10H5F3N2OS. The van der Waals surface area contributed by atoms with Crippen molar-refractivity contribution >= 4 is 17.3 Å². The Morgan fingerprint density at radius 1 is 1.29 bits per heavy atom. The molecule has 0 unspecified atom stereocenters. The van der Waals surface area contributed by atoms with E-state index in [-0.39, 0.29) is 11.3 Å². The largest absolute Gasteiger partial charge is 0.416 e. The molecule has 2 aromatic rings. The average Bonchev–Trinajstić information content (AvgIpc) is 2.80. The van der Waals surface area contributed by atoms with Crippen LogP contribution in [0.2, 0.25) is 0 Å². The SMILES string of the molecule is O=C(c1cccc(C(F)(F)F)c1)c1csnn1. The Balaban J connectivity index is 2.38. The third-order valence-electron chi connectivity index (χ3n) is 2.04. The highest BCUT2D eigenvalue weighted by atomic mass is 32.1. The van der Waals surface area contributed by atoms with E-state index in [1.807, 2.05) is 0 Å². The molecule has 3 nitrogen and oxygen atoms in total. The van der Waals surface area contributed by atoms with Gasteiger partial charge >= 0.3 is 6.18 Å². The van der Waals surface area contributed by atoms with Crippen LogP contribution in [0.1, 0.15) is 21.6 Å². The van der Waals surface area contributed by atoms with E-state index in [0.29, 0.717) is 0 Å². The summed E-state index contributed by atoms with van der Waals surface area (Å²) in [7, 11) is 0. The van der Waals surface area contributed by atoms with Crippen LogP contribution in [0.3, 0.4) is 0 Å². The summed E-state index contributed by atoms with van der Waals surface area (Å²) in [5.41, 5.74) is -0.853. The molecule has 0 aliphatic heterocycles. The third kappa shape index (κ3) is 2.50. The molecule has 0 N–H and O–H groups in total. The Morgan fingerprint density at radius 3 is 2.65 bits per heavy atom. The first kappa shape index (κ1) is 11.7. The summed E-state index contributed by atoms with van der Waals surface area (Å²) >= 11 is 0.968. The first-order chi connectivity index (χ1) is 7.98. The Kier molecular flexibility index (Phi) is 2.93. The van der Waals surface area contributed by atoms with Crippen molar-refractivity contribution in [2.45, 2.75) is 6.18 Å². The Bertz CT molecular complexity index is 537. The molecule has 0 spiro atoms. The molecule has 7 heteroatoms. The van der Waals surface area contributed by atoms with Crippen molar-refractivity contribution in [3.63, 3.8) is 0 Å². The van der Waals surface area contributed by atoms with E-state index in [4.69, 9.17) is 0 Å². The van der Waals surface area contributed by atoms with Crippen molar-refractivity contribution in [2.75, 3.05) is 0 Å². The molecule has 0 atom stereocenters. The van der Waals surface area contributed by atoms with E-state index >= 15 is 0 Å². The second kappa shape index (κ2) is 4.25. The summed E-state index contributed by atoms with van der Waals surface area (Å²) in [6.07, 6.45) is -4.46. The predicted octanol–water partition coefficient (Wildman–Crippen LogP) is 2.79. The van der Waals surface area contributed by atoms with E-state index in [0.717, 1.165) is 23.7 Å². The van der Waals surface area contributed by atoms with Crippen LogP contribution in [0, 0.1) is 0 Å². The van der Waals surface area contributed by atoms with Crippen molar-refractivity contribution in [1.29, 1.82) is 0 Å².